The van der Waals surface area contributed by atoms with Crippen LogP contribution in [-0.2, 0) is 21.1 Å². The second kappa shape index (κ2) is 14.9. The molecule has 0 aliphatic carbocycles. The average molecular weight is 794 g/mol. The van der Waals surface area contributed by atoms with Crippen LogP contribution < -0.4 is 26.1 Å². The Morgan fingerprint density at radius 3 is 1.57 bits per heavy atom. The van der Waals surface area contributed by atoms with Gasteiger partial charge in [-0.2, -0.15) is 0 Å². The molecule has 0 saturated carbocycles. The van der Waals surface area contributed by atoms with Crippen LogP contribution in [0.15, 0.2) is 170 Å². The van der Waals surface area contributed by atoms with E-state index in [2.05, 4.69) is 111 Å². The number of pyridine rings is 1. The van der Waals surface area contributed by atoms with E-state index in [0.717, 1.165) is 44.9 Å². The van der Waals surface area contributed by atoms with Crippen LogP contribution in [0.2, 0.25) is 0 Å². The summed E-state index contributed by atoms with van der Waals surface area (Å²) in [6.45, 7) is 0. The quantitative estimate of drug-likeness (QED) is 0.168. The van der Waals surface area contributed by atoms with E-state index in [1.807, 2.05) is 78.9 Å². The standard InChI is InChI=1S/C21H13N5.C18H15P.Pt/c1-2-7-14(8-3-1)19-13-20(25-24-19)17-11-6-12-18(22-17)21-15-9-4-5-10-16(15)23-26-21;1-4-10-16(11-5-1)19(17-12-6-2-7-13-17)18-14-8-3-9-15-18;/h1-13H;1-15H;/q-2;;+2/p+1. The first-order valence-electron chi connectivity index (χ1n) is 14.8. The van der Waals surface area contributed by atoms with E-state index in [4.69, 9.17) is 4.98 Å². The fourth-order valence-electron chi connectivity index (χ4n) is 5.30. The van der Waals surface area contributed by atoms with E-state index in [1.54, 1.807) is 0 Å². The second-order valence-electron chi connectivity index (χ2n) is 10.4. The first kappa shape index (κ1) is 31.0. The predicted octanol–water partition coefficient (Wildman–Crippen LogP) is 7.11. The van der Waals surface area contributed by atoms with Crippen molar-refractivity contribution >= 4 is 34.7 Å². The molecule has 46 heavy (non-hydrogen) atoms. The van der Waals surface area contributed by atoms with Crippen molar-refractivity contribution in [2.75, 3.05) is 0 Å². The van der Waals surface area contributed by atoms with Gasteiger partial charge in [0.05, 0.1) is 19.3 Å². The first-order valence-corrected chi connectivity index (χ1v) is 16.3. The van der Waals surface area contributed by atoms with Crippen molar-refractivity contribution in [1.82, 2.24) is 25.4 Å². The molecule has 5 aromatic carbocycles. The van der Waals surface area contributed by atoms with Gasteiger partial charge in [0, 0.05) is 11.2 Å². The molecule has 0 radical (unpaired) electrons. The van der Waals surface area contributed by atoms with Crippen molar-refractivity contribution in [3.05, 3.63) is 170 Å². The van der Waals surface area contributed by atoms with Gasteiger partial charge in [0.25, 0.3) is 0 Å². The smallest absolute Gasteiger partial charge is 0.573 e. The van der Waals surface area contributed by atoms with Gasteiger partial charge in [-0.05, 0) is 71.6 Å². The second-order valence-corrected chi connectivity index (χ2v) is 12.9. The summed E-state index contributed by atoms with van der Waals surface area (Å²) in [6.07, 6.45) is 0. The van der Waals surface area contributed by atoms with Crippen LogP contribution in [0.1, 0.15) is 0 Å². The van der Waals surface area contributed by atoms with Gasteiger partial charge in [-0.1, -0.05) is 121 Å². The molecule has 0 spiro atoms. The van der Waals surface area contributed by atoms with Crippen LogP contribution in [0, 0.1) is 0 Å². The minimum Gasteiger partial charge on any atom is -0.573 e. The van der Waals surface area contributed by atoms with Crippen LogP contribution in [0.3, 0.4) is 0 Å². The predicted molar refractivity (Wildman–Crippen MR) is 187 cm³/mol. The Morgan fingerprint density at radius 2 is 0.957 bits per heavy atom. The van der Waals surface area contributed by atoms with E-state index >= 15 is 0 Å². The molecule has 3 aromatic heterocycles. The van der Waals surface area contributed by atoms with Crippen molar-refractivity contribution in [3.8, 4) is 34.0 Å². The molecule has 8 rings (SSSR count). The van der Waals surface area contributed by atoms with Crippen molar-refractivity contribution < 1.29 is 21.1 Å². The maximum absolute atomic E-state index is 4.74. The Kier molecular flexibility index (Phi) is 10.0. The minimum absolute atomic E-state index is 0. The number of aromatic nitrogens is 5. The Hall–Kier alpha value is -4.95. The maximum atomic E-state index is 4.74. The summed E-state index contributed by atoms with van der Waals surface area (Å²) in [5, 5.41) is 22.4. The summed E-state index contributed by atoms with van der Waals surface area (Å²) < 4.78 is 0. The SMILES string of the molecule is [Pt+2].c1ccc(-c2cc(-c3cccc(-c4[n-]nc5ccccc45)n3)[n-]n2)cc1.c1ccc([PH+](c2ccccc2)c2ccccc2)cc1. The average Bonchev–Trinajstić information content (AvgIpc) is 3.79. The monoisotopic (exact) mass is 793 g/mol. The van der Waals surface area contributed by atoms with Crippen LogP contribution >= 0.6 is 7.92 Å². The van der Waals surface area contributed by atoms with Gasteiger partial charge in [0.15, 0.2) is 0 Å². The molecular weight excluding hydrogens is 765 g/mol. The summed E-state index contributed by atoms with van der Waals surface area (Å²) in [4.78, 5) is 4.74. The van der Waals surface area contributed by atoms with Gasteiger partial charge >= 0.3 is 21.1 Å². The Labute approximate surface area is 283 Å². The summed E-state index contributed by atoms with van der Waals surface area (Å²) in [6, 6.07) is 58.2. The molecule has 3 heterocycles. The number of fused-ring (bicyclic) bond motifs is 1. The minimum atomic E-state index is -0.877. The largest absolute Gasteiger partial charge is 2.00 e. The molecule has 0 saturated heterocycles. The zero-order chi connectivity index (χ0) is 30.3. The van der Waals surface area contributed by atoms with Crippen molar-refractivity contribution in [3.63, 3.8) is 0 Å². The van der Waals surface area contributed by atoms with E-state index in [9.17, 15) is 0 Å². The van der Waals surface area contributed by atoms with Crippen LogP contribution in [-0.4, -0.2) is 15.2 Å². The number of rotatable bonds is 6. The summed E-state index contributed by atoms with van der Waals surface area (Å²) >= 11 is 0. The fraction of sp³-hybridized carbons (Fsp3) is 0. The number of hydrogen-bond donors (Lipinski definition) is 0. The molecule has 0 aliphatic rings. The normalized spacial score (nSPS) is 10.6. The summed E-state index contributed by atoms with van der Waals surface area (Å²) in [7, 11) is -0.877. The third-order valence-electron chi connectivity index (χ3n) is 7.47. The maximum Gasteiger partial charge on any atom is 2.00 e. The molecule has 224 valence electrons. The zero-order valence-electron chi connectivity index (χ0n) is 24.7. The first-order chi connectivity index (χ1) is 22.3. The van der Waals surface area contributed by atoms with Gasteiger partial charge in [-0.3, -0.25) is 4.98 Å². The molecule has 0 atom stereocenters. The van der Waals surface area contributed by atoms with Crippen molar-refractivity contribution in [2.24, 2.45) is 0 Å². The molecule has 5 nitrogen and oxygen atoms in total. The van der Waals surface area contributed by atoms with Gasteiger partial charge < -0.3 is 20.4 Å². The zero-order valence-corrected chi connectivity index (χ0v) is 28.0. The number of nitrogens with zero attached hydrogens (tertiary/aromatic N) is 5. The third-order valence-corrected chi connectivity index (χ3v) is 10.2. The molecular formula is C39H29N5PPt+. The molecule has 0 unspecified atom stereocenters. The topological polar surface area (TPSA) is 66.9 Å². The van der Waals surface area contributed by atoms with E-state index in [-0.39, 0.29) is 21.1 Å². The summed E-state index contributed by atoms with van der Waals surface area (Å²) in [5.41, 5.74) is 5.82. The summed E-state index contributed by atoms with van der Waals surface area (Å²) in [5.74, 6) is 0. The molecule has 0 aliphatic heterocycles. The Bertz CT molecular complexity index is 2020. The van der Waals surface area contributed by atoms with Crippen molar-refractivity contribution in [1.29, 1.82) is 0 Å². The van der Waals surface area contributed by atoms with Crippen LogP contribution in [0.25, 0.3) is 44.9 Å². The molecule has 0 fully saturated rings. The Morgan fingerprint density at radius 1 is 0.435 bits per heavy atom. The van der Waals surface area contributed by atoms with Gasteiger partial charge in [-0.25, -0.2) is 0 Å². The van der Waals surface area contributed by atoms with Crippen molar-refractivity contribution in [2.45, 2.75) is 0 Å². The molecule has 0 bridgehead atoms. The molecule has 0 N–H and O–H groups in total. The van der Waals surface area contributed by atoms with Crippen LogP contribution in [0.4, 0.5) is 0 Å². The third kappa shape index (κ3) is 6.97. The van der Waals surface area contributed by atoms with E-state index in [1.165, 1.54) is 15.9 Å². The van der Waals surface area contributed by atoms with Gasteiger partial charge in [-0.15, -0.1) is 0 Å². The number of hydrogen-bond acceptors (Lipinski definition) is 3. The van der Waals surface area contributed by atoms with E-state index in [0.29, 0.717) is 0 Å². The molecule has 8 aromatic rings. The number of benzene rings is 5. The fourth-order valence-corrected chi connectivity index (χ4v) is 7.88. The Balaban J connectivity index is 0.000000166. The van der Waals surface area contributed by atoms with Gasteiger partial charge in [0.1, 0.15) is 15.9 Å². The van der Waals surface area contributed by atoms with Gasteiger partial charge in [0.2, 0.25) is 0 Å². The van der Waals surface area contributed by atoms with E-state index < -0.39 is 7.92 Å². The molecule has 0 amide bonds. The molecule has 7 heteroatoms. The van der Waals surface area contributed by atoms with Crippen LogP contribution in [0.5, 0.6) is 0 Å².